The van der Waals surface area contributed by atoms with Crippen LogP contribution in [0, 0.1) is 0 Å². The molecule has 0 saturated carbocycles. The summed E-state index contributed by atoms with van der Waals surface area (Å²) in [6.07, 6.45) is 3.20. The monoisotopic (exact) mass is 334 g/mol. The molecule has 2 amide bonds. The van der Waals surface area contributed by atoms with Crippen molar-refractivity contribution in [1.82, 2.24) is 4.90 Å². The topological polar surface area (TPSA) is 53.8 Å². The Bertz CT molecular complexity index is 957. The number of likely N-dealkylation sites (N-methyl/N-ethyl adjacent to an activating group) is 1. The van der Waals surface area contributed by atoms with Crippen LogP contribution in [0.2, 0.25) is 0 Å². The van der Waals surface area contributed by atoms with Crippen LogP contribution in [-0.2, 0) is 11.3 Å². The molecule has 0 fully saturated rings. The molecule has 0 radical (unpaired) electrons. The first-order valence-electron chi connectivity index (χ1n) is 8.19. The van der Waals surface area contributed by atoms with Crippen molar-refractivity contribution in [1.29, 1.82) is 0 Å². The minimum Gasteiger partial charge on any atom is -0.472 e. The summed E-state index contributed by atoms with van der Waals surface area (Å²) in [7, 11) is 1.74. The Morgan fingerprint density at radius 1 is 1.20 bits per heavy atom. The molecule has 0 unspecified atom stereocenters. The molecule has 0 bridgehead atoms. The summed E-state index contributed by atoms with van der Waals surface area (Å²) < 4.78 is 5.05. The summed E-state index contributed by atoms with van der Waals surface area (Å²) in [5, 5.41) is 1.93. The summed E-state index contributed by atoms with van der Waals surface area (Å²) >= 11 is 0. The van der Waals surface area contributed by atoms with E-state index in [-0.39, 0.29) is 11.8 Å². The third-order valence-corrected chi connectivity index (χ3v) is 4.71. The summed E-state index contributed by atoms with van der Waals surface area (Å²) in [6.45, 7) is 2.22. The molecule has 5 heteroatoms. The van der Waals surface area contributed by atoms with Crippen LogP contribution in [0.4, 0.5) is 5.69 Å². The zero-order chi connectivity index (χ0) is 17.6. The molecule has 1 aromatic heterocycles. The highest BCUT2D eigenvalue weighted by Gasteiger charge is 2.36. The zero-order valence-electron chi connectivity index (χ0n) is 14.1. The van der Waals surface area contributed by atoms with Crippen molar-refractivity contribution in [2.75, 3.05) is 11.9 Å². The highest BCUT2D eigenvalue weighted by molar-refractivity contribution is 6.26. The third-order valence-electron chi connectivity index (χ3n) is 4.71. The van der Waals surface area contributed by atoms with E-state index >= 15 is 0 Å². The Hall–Kier alpha value is -3.08. The van der Waals surface area contributed by atoms with E-state index in [0.717, 1.165) is 22.0 Å². The highest BCUT2D eigenvalue weighted by atomic mass is 16.3. The molecule has 0 spiro atoms. The van der Waals surface area contributed by atoms with E-state index in [1.807, 2.05) is 42.5 Å². The third kappa shape index (κ3) is 2.39. The van der Waals surface area contributed by atoms with Gasteiger partial charge in [-0.3, -0.25) is 14.5 Å². The number of amides is 2. The van der Waals surface area contributed by atoms with Crippen molar-refractivity contribution in [3.8, 4) is 0 Å². The van der Waals surface area contributed by atoms with Gasteiger partial charge in [0.2, 0.25) is 5.91 Å². The second-order valence-corrected chi connectivity index (χ2v) is 6.36. The minimum absolute atomic E-state index is 0.112. The maximum atomic E-state index is 12.9. The van der Waals surface area contributed by atoms with Crippen LogP contribution in [0.5, 0.6) is 0 Å². The van der Waals surface area contributed by atoms with Crippen LogP contribution < -0.4 is 4.90 Å². The normalized spacial score (nSPS) is 14.2. The van der Waals surface area contributed by atoms with Crippen LogP contribution in [-0.4, -0.2) is 29.8 Å². The Morgan fingerprint density at radius 2 is 1.96 bits per heavy atom. The number of furan rings is 1. The van der Waals surface area contributed by atoms with Crippen molar-refractivity contribution >= 4 is 28.3 Å². The van der Waals surface area contributed by atoms with E-state index in [9.17, 15) is 9.59 Å². The van der Waals surface area contributed by atoms with Crippen molar-refractivity contribution in [2.24, 2.45) is 0 Å². The van der Waals surface area contributed by atoms with Gasteiger partial charge in [0, 0.05) is 30.1 Å². The van der Waals surface area contributed by atoms with Gasteiger partial charge in [-0.2, -0.15) is 0 Å². The van der Waals surface area contributed by atoms with Gasteiger partial charge < -0.3 is 9.32 Å². The lowest BCUT2D eigenvalue weighted by Gasteiger charge is -2.28. The maximum Gasteiger partial charge on any atom is 0.259 e. The highest BCUT2D eigenvalue weighted by Crippen LogP contribution is 2.38. The van der Waals surface area contributed by atoms with Gasteiger partial charge in [-0.15, -0.1) is 0 Å². The lowest BCUT2D eigenvalue weighted by atomic mass is 10.1. The second kappa shape index (κ2) is 5.77. The van der Waals surface area contributed by atoms with E-state index in [0.29, 0.717) is 12.1 Å². The minimum atomic E-state index is -0.581. The summed E-state index contributed by atoms with van der Waals surface area (Å²) in [4.78, 5) is 29.0. The number of anilines is 1. The van der Waals surface area contributed by atoms with Crippen LogP contribution in [0.3, 0.4) is 0 Å². The quantitative estimate of drug-likeness (QED) is 0.734. The molecule has 0 aliphatic carbocycles. The molecule has 1 aliphatic heterocycles. The molecule has 2 heterocycles. The first-order valence-corrected chi connectivity index (χ1v) is 8.19. The van der Waals surface area contributed by atoms with Gasteiger partial charge in [0.15, 0.2) is 0 Å². The number of benzene rings is 2. The van der Waals surface area contributed by atoms with Crippen LogP contribution in [0.1, 0.15) is 22.8 Å². The fourth-order valence-corrected chi connectivity index (χ4v) is 3.49. The molecule has 1 atom stereocenters. The number of rotatable bonds is 4. The van der Waals surface area contributed by atoms with Gasteiger partial charge in [-0.1, -0.05) is 24.3 Å². The van der Waals surface area contributed by atoms with E-state index in [1.165, 1.54) is 0 Å². The molecule has 0 N–H and O–H groups in total. The van der Waals surface area contributed by atoms with Crippen molar-refractivity contribution < 1.29 is 14.0 Å². The fraction of sp³-hybridized carbons (Fsp3) is 0.200. The zero-order valence-corrected chi connectivity index (χ0v) is 14.1. The van der Waals surface area contributed by atoms with E-state index < -0.39 is 6.04 Å². The van der Waals surface area contributed by atoms with Crippen LogP contribution in [0.15, 0.2) is 59.4 Å². The van der Waals surface area contributed by atoms with Crippen LogP contribution in [0.25, 0.3) is 10.8 Å². The molecular formula is C20H18N2O3. The van der Waals surface area contributed by atoms with Gasteiger partial charge >= 0.3 is 0 Å². The Labute approximate surface area is 145 Å². The molecule has 5 nitrogen and oxygen atoms in total. The van der Waals surface area contributed by atoms with Gasteiger partial charge in [0.25, 0.3) is 5.91 Å². The molecule has 25 heavy (non-hydrogen) atoms. The smallest absolute Gasteiger partial charge is 0.259 e. The molecule has 2 aromatic carbocycles. The number of hydrogen-bond donors (Lipinski definition) is 0. The molecule has 0 saturated heterocycles. The van der Waals surface area contributed by atoms with Gasteiger partial charge in [-0.25, -0.2) is 0 Å². The molecule has 3 aromatic rings. The first-order chi connectivity index (χ1) is 12.1. The number of carbonyl (C=O) groups excluding carboxylic acids is 2. The second-order valence-electron chi connectivity index (χ2n) is 6.36. The molecule has 1 aliphatic rings. The molecular weight excluding hydrogens is 316 g/mol. The molecule has 126 valence electrons. The van der Waals surface area contributed by atoms with E-state index in [1.54, 1.807) is 36.3 Å². The lowest BCUT2D eigenvalue weighted by molar-refractivity contribution is -0.131. The predicted molar refractivity (Wildman–Crippen MR) is 95.4 cm³/mol. The van der Waals surface area contributed by atoms with Gasteiger partial charge in [-0.05, 0) is 30.5 Å². The standard InChI is InChI=1S/C20H18N2O3/c1-13(19(23)21(2)11-14-9-10-25-12-14)22-17-8-4-6-15-5-3-7-16(18(15)17)20(22)24/h3-10,12-13H,11H2,1-2H3/t13-/m0/s1. The van der Waals surface area contributed by atoms with Crippen molar-refractivity contribution in [2.45, 2.75) is 19.5 Å². The van der Waals surface area contributed by atoms with Crippen LogP contribution >= 0.6 is 0 Å². The fourth-order valence-electron chi connectivity index (χ4n) is 3.49. The summed E-state index contributed by atoms with van der Waals surface area (Å²) in [5.41, 5.74) is 2.38. The maximum absolute atomic E-state index is 12.9. The Kier molecular flexibility index (Phi) is 3.57. The molecule has 4 rings (SSSR count). The van der Waals surface area contributed by atoms with Crippen molar-refractivity contribution in [3.05, 3.63) is 66.1 Å². The Morgan fingerprint density at radius 3 is 2.68 bits per heavy atom. The van der Waals surface area contributed by atoms with E-state index in [4.69, 9.17) is 4.42 Å². The number of nitrogens with zero attached hydrogens (tertiary/aromatic N) is 2. The summed E-state index contributed by atoms with van der Waals surface area (Å²) in [6, 6.07) is 12.7. The summed E-state index contributed by atoms with van der Waals surface area (Å²) in [5.74, 6) is -0.233. The van der Waals surface area contributed by atoms with Gasteiger partial charge in [0.1, 0.15) is 6.04 Å². The first kappa shape index (κ1) is 15.4. The average molecular weight is 334 g/mol. The lowest BCUT2D eigenvalue weighted by Crippen LogP contribution is -2.47. The van der Waals surface area contributed by atoms with E-state index in [2.05, 4.69) is 0 Å². The number of carbonyl (C=O) groups is 2. The van der Waals surface area contributed by atoms with Gasteiger partial charge in [0.05, 0.1) is 18.2 Å². The number of hydrogen-bond acceptors (Lipinski definition) is 3. The average Bonchev–Trinajstić information content (AvgIpc) is 3.22. The largest absolute Gasteiger partial charge is 0.472 e. The predicted octanol–water partition coefficient (Wildman–Crippen LogP) is 3.44. The van der Waals surface area contributed by atoms with Crippen molar-refractivity contribution in [3.63, 3.8) is 0 Å². The Balaban J connectivity index is 1.65. The SMILES string of the molecule is C[C@@H](C(=O)N(C)Cc1ccoc1)N1C(=O)c2cccc3cccc1c23.